The monoisotopic (exact) mass is 174 g/mol. The third-order valence-corrected chi connectivity index (χ3v) is 1.49. The SMILES string of the molecule is C=CCOCCCC(OC)OC. The van der Waals surface area contributed by atoms with E-state index in [1.165, 1.54) is 0 Å². The molecule has 0 radical (unpaired) electrons. The molecule has 0 saturated heterocycles. The first kappa shape index (κ1) is 11.6. The van der Waals surface area contributed by atoms with Gasteiger partial charge in [-0.25, -0.2) is 0 Å². The van der Waals surface area contributed by atoms with Crippen LogP contribution >= 0.6 is 0 Å². The first-order chi connectivity index (χ1) is 5.85. The number of hydrogen-bond acceptors (Lipinski definition) is 3. The second kappa shape index (κ2) is 8.71. The lowest BCUT2D eigenvalue weighted by atomic mass is 10.3. The number of hydrogen-bond donors (Lipinski definition) is 0. The van der Waals surface area contributed by atoms with Crippen LogP contribution in [0.25, 0.3) is 0 Å². The predicted octanol–water partition coefficient (Wildman–Crippen LogP) is 1.59. The van der Waals surface area contributed by atoms with E-state index < -0.39 is 0 Å². The zero-order chi connectivity index (χ0) is 9.23. The fourth-order valence-corrected chi connectivity index (χ4v) is 0.851. The highest BCUT2D eigenvalue weighted by atomic mass is 16.7. The van der Waals surface area contributed by atoms with Crippen molar-refractivity contribution in [1.82, 2.24) is 0 Å². The molecular weight excluding hydrogens is 156 g/mol. The van der Waals surface area contributed by atoms with Crippen molar-refractivity contribution in [3.63, 3.8) is 0 Å². The Hall–Kier alpha value is -0.380. The Morgan fingerprint density at radius 1 is 1.33 bits per heavy atom. The van der Waals surface area contributed by atoms with Crippen molar-refractivity contribution in [3.8, 4) is 0 Å². The molecule has 0 heterocycles. The van der Waals surface area contributed by atoms with E-state index in [0.717, 1.165) is 19.4 Å². The maximum atomic E-state index is 5.19. The van der Waals surface area contributed by atoms with Crippen LogP contribution in [0.4, 0.5) is 0 Å². The number of ether oxygens (including phenoxy) is 3. The predicted molar refractivity (Wildman–Crippen MR) is 48.1 cm³/mol. The third-order valence-electron chi connectivity index (χ3n) is 1.49. The first-order valence-corrected chi connectivity index (χ1v) is 4.09. The van der Waals surface area contributed by atoms with Crippen LogP contribution in [0.5, 0.6) is 0 Å². The molecule has 0 aliphatic rings. The maximum Gasteiger partial charge on any atom is 0.156 e. The summed E-state index contributed by atoms with van der Waals surface area (Å²) in [6, 6.07) is 0. The number of methoxy groups -OCH3 is 2. The minimum absolute atomic E-state index is 0.0997. The van der Waals surface area contributed by atoms with Crippen LogP contribution in [0.3, 0.4) is 0 Å². The third kappa shape index (κ3) is 6.34. The summed E-state index contributed by atoms with van der Waals surface area (Å²) in [5.74, 6) is 0. The zero-order valence-electron chi connectivity index (χ0n) is 7.91. The van der Waals surface area contributed by atoms with Crippen LogP contribution in [0, 0.1) is 0 Å². The fourth-order valence-electron chi connectivity index (χ4n) is 0.851. The van der Waals surface area contributed by atoms with E-state index in [9.17, 15) is 0 Å². The molecule has 0 aromatic rings. The van der Waals surface area contributed by atoms with Gasteiger partial charge >= 0.3 is 0 Å². The van der Waals surface area contributed by atoms with E-state index in [-0.39, 0.29) is 6.29 Å². The van der Waals surface area contributed by atoms with Gasteiger partial charge in [0.15, 0.2) is 6.29 Å². The van der Waals surface area contributed by atoms with Crippen LogP contribution in [0.2, 0.25) is 0 Å². The molecule has 3 heteroatoms. The molecule has 72 valence electrons. The van der Waals surface area contributed by atoms with Crippen LogP contribution in [0.15, 0.2) is 12.7 Å². The van der Waals surface area contributed by atoms with Gasteiger partial charge in [-0.1, -0.05) is 6.08 Å². The molecule has 0 bridgehead atoms. The Bertz CT molecular complexity index is 99.9. The summed E-state index contributed by atoms with van der Waals surface area (Å²) in [6.07, 6.45) is 3.45. The molecule has 0 aromatic heterocycles. The molecule has 0 spiro atoms. The molecule has 0 N–H and O–H groups in total. The molecule has 0 aliphatic carbocycles. The van der Waals surface area contributed by atoms with Crippen molar-refractivity contribution in [3.05, 3.63) is 12.7 Å². The summed E-state index contributed by atoms with van der Waals surface area (Å²) in [7, 11) is 3.28. The van der Waals surface area contributed by atoms with Gasteiger partial charge in [0.2, 0.25) is 0 Å². The minimum atomic E-state index is -0.0997. The Morgan fingerprint density at radius 3 is 2.50 bits per heavy atom. The minimum Gasteiger partial charge on any atom is -0.377 e. The van der Waals surface area contributed by atoms with Gasteiger partial charge in [-0.2, -0.15) is 0 Å². The van der Waals surface area contributed by atoms with Gasteiger partial charge in [-0.3, -0.25) is 0 Å². The lowest BCUT2D eigenvalue weighted by Gasteiger charge is -2.12. The van der Waals surface area contributed by atoms with Crippen molar-refractivity contribution in [1.29, 1.82) is 0 Å². The summed E-state index contributed by atoms with van der Waals surface area (Å²) in [4.78, 5) is 0. The normalized spacial score (nSPS) is 10.6. The van der Waals surface area contributed by atoms with Gasteiger partial charge in [-0.15, -0.1) is 6.58 Å². The van der Waals surface area contributed by atoms with Crippen LogP contribution < -0.4 is 0 Å². The Labute approximate surface area is 74.3 Å². The van der Waals surface area contributed by atoms with Crippen LogP contribution in [-0.2, 0) is 14.2 Å². The molecule has 0 fully saturated rings. The Kier molecular flexibility index (Phi) is 8.44. The average molecular weight is 174 g/mol. The number of rotatable bonds is 8. The van der Waals surface area contributed by atoms with Gasteiger partial charge < -0.3 is 14.2 Å². The van der Waals surface area contributed by atoms with Crippen molar-refractivity contribution in [2.45, 2.75) is 19.1 Å². The molecule has 0 atom stereocenters. The fraction of sp³-hybridized carbons (Fsp3) is 0.778. The summed E-state index contributed by atoms with van der Waals surface area (Å²) in [5.41, 5.74) is 0. The summed E-state index contributed by atoms with van der Waals surface area (Å²) in [5, 5.41) is 0. The van der Waals surface area contributed by atoms with Crippen molar-refractivity contribution in [2.75, 3.05) is 27.4 Å². The largest absolute Gasteiger partial charge is 0.377 e. The van der Waals surface area contributed by atoms with Crippen molar-refractivity contribution < 1.29 is 14.2 Å². The van der Waals surface area contributed by atoms with Gasteiger partial charge in [-0.05, 0) is 6.42 Å². The second-order valence-electron chi connectivity index (χ2n) is 2.41. The maximum absolute atomic E-state index is 5.19. The van der Waals surface area contributed by atoms with Gasteiger partial charge in [0, 0.05) is 27.2 Å². The molecule has 12 heavy (non-hydrogen) atoms. The standard InChI is InChI=1S/C9H18O3/c1-4-7-12-8-5-6-9(10-2)11-3/h4,9H,1,5-8H2,2-3H3. The van der Waals surface area contributed by atoms with E-state index >= 15 is 0 Å². The van der Waals surface area contributed by atoms with E-state index in [1.54, 1.807) is 20.3 Å². The molecular formula is C9H18O3. The second-order valence-corrected chi connectivity index (χ2v) is 2.41. The van der Waals surface area contributed by atoms with Gasteiger partial charge in [0.25, 0.3) is 0 Å². The van der Waals surface area contributed by atoms with E-state index in [2.05, 4.69) is 6.58 Å². The molecule has 0 unspecified atom stereocenters. The summed E-state index contributed by atoms with van der Waals surface area (Å²) in [6.45, 7) is 4.90. The average Bonchev–Trinajstić information content (AvgIpc) is 2.11. The van der Waals surface area contributed by atoms with Crippen molar-refractivity contribution in [2.24, 2.45) is 0 Å². The zero-order valence-corrected chi connectivity index (χ0v) is 7.91. The molecule has 0 rings (SSSR count). The highest BCUT2D eigenvalue weighted by molar-refractivity contribution is 4.63. The molecule has 0 aromatic carbocycles. The smallest absolute Gasteiger partial charge is 0.156 e. The Balaban J connectivity index is 3.11. The Morgan fingerprint density at radius 2 is 2.00 bits per heavy atom. The van der Waals surface area contributed by atoms with Crippen molar-refractivity contribution >= 4 is 0 Å². The molecule has 0 saturated carbocycles. The molecule has 3 nitrogen and oxygen atoms in total. The lowest BCUT2D eigenvalue weighted by molar-refractivity contribution is -0.108. The lowest BCUT2D eigenvalue weighted by Crippen LogP contribution is -2.13. The van der Waals surface area contributed by atoms with E-state index in [1.807, 2.05) is 0 Å². The van der Waals surface area contributed by atoms with Gasteiger partial charge in [0.05, 0.1) is 6.61 Å². The summed E-state index contributed by atoms with van der Waals surface area (Å²) < 4.78 is 15.2. The molecule has 0 aliphatic heterocycles. The van der Waals surface area contributed by atoms with E-state index in [4.69, 9.17) is 14.2 Å². The van der Waals surface area contributed by atoms with Gasteiger partial charge in [0.1, 0.15) is 0 Å². The van der Waals surface area contributed by atoms with Crippen LogP contribution in [0.1, 0.15) is 12.8 Å². The topological polar surface area (TPSA) is 27.7 Å². The summed E-state index contributed by atoms with van der Waals surface area (Å²) >= 11 is 0. The van der Waals surface area contributed by atoms with E-state index in [0.29, 0.717) is 6.61 Å². The first-order valence-electron chi connectivity index (χ1n) is 4.09. The quantitative estimate of drug-likeness (QED) is 0.318. The highest BCUT2D eigenvalue weighted by Gasteiger charge is 2.02. The highest BCUT2D eigenvalue weighted by Crippen LogP contribution is 2.01. The van der Waals surface area contributed by atoms with Crippen LogP contribution in [-0.4, -0.2) is 33.7 Å². The molecule has 0 amide bonds.